The number of fused-ring (bicyclic) bond motifs is 1. The van der Waals surface area contributed by atoms with Gasteiger partial charge in [-0.05, 0) is 53.9 Å². The second-order valence-corrected chi connectivity index (χ2v) is 5.73. The molecule has 26 heavy (non-hydrogen) atoms. The Morgan fingerprint density at radius 3 is 2.54 bits per heavy atom. The molecule has 0 radical (unpaired) electrons. The Bertz CT molecular complexity index is 790. The van der Waals surface area contributed by atoms with E-state index in [1.165, 1.54) is 43.4 Å². The third-order valence-corrected chi connectivity index (χ3v) is 4.10. The summed E-state index contributed by atoms with van der Waals surface area (Å²) in [5.74, 6) is 0.876. The van der Waals surface area contributed by atoms with E-state index in [1.807, 2.05) is 12.1 Å². The minimum atomic E-state index is -0.608. The highest BCUT2D eigenvalue weighted by Crippen LogP contribution is 2.29. The summed E-state index contributed by atoms with van der Waals surface area (Å²) in [4.78, 5) is 29.1. The smallest absolute Gasteiger partial charge is 0.410 e. The van der Waals surface area contributed by atoms with Crippen LogP contribution in [-0.4, -0.2) is 31.8 Å². The first-order valence-electron chi connectivity index (χ1n) is 8.14. The van der Waals surface area contributed by atoms with Crippen molar-refractivity contribution < 1.29 is 19.0 Å². The van der Waals surface area contributed by atoms with Gasteiger partial charge in [-0.1, -0.05) is 6.07 Å². The Labute approximate surface area is 150 Å². The number of benzene rings is 1. The number of hydrogen-bond donors (Lipinski definition) is 0. The van der Waals surface area contributed by atoms with Gasteiger partial charge in [0.25, 0.3) is 0 Å². The van der Waals surface area contributed by atoms with Gasteiger partial charge in [0.05, 0.1) is 5.69 Å². The van der Waals surface area contributed by atoms with Gasteiger partial charge in [-0.2, -0.15) is 0 Å². The van der Waals surface area contributed by atoms with E-state index in [0.717, 1.165) is 18.4 Å². The lowest BCUT2D eigenvalue weighted by atomic mass is 10.1. The first kappa shape index (κ1) is 18.0. The van der Waals surface area contributed by atoms with E-state index in [-0.39, 0.29) is 5.69 Å². The molecule has 136 valence electrons. The molecule has 0 bridgehead atoms. The van der Waals surface area contributed by atoms with Crippen LogP contribution in [0.5, 0.6) is 5.75 Å². The molecule has 0 spiro atoms. The fourth-order valence-electron chi connectivity index (χ4n) is 2.83. The number of rotatable bonds is 5. The molecule has 0 saturated heterocycles. The number of ether oxygens (including phenoxy) is 3. The summed E-state index contributed by atoms with van der Waals surface area (Å²) in [6.45, 7) is 0.501. The van der Waals surface area contributed by atoms with Gasteiger partial charge >= 0.3 is 6.09 Å². The standard InChI is InChI=1S/C18H19N3O5/c1-24-17(25-2)15-10-5-12-4-3-11-21(16(12)19-15)18(22)26-14-8-6-13(20-23)7-9-14/h5-10,17H,3-4,11H2,1-2H3. The van der Waals surface area contributed by atoms with Crippen LogP contribution >= 0.6 is 0 Å². The normalized spacial score (nSPS) is 13.4. The maximum absolute atomic E-state index is 12.6. The summed E-state index contributed by atoms with van der Waals surface area (Å²) in [6.07, 6.45) is 0.503. The summed E-state index contributed by atoms with van der Waals surface area (Å²) in [7, 11) is 3.05. The molecule has 2 aromatic rings. The molecule has 0 fully saturated rings. The highest BCUT2D eigenvalue weighted by molar-refractivity contribution is 5.89. The Morgan fingerprint density at radius 1 is 1.15 bits per heavy atom. The first-order chi connectivity index (χ1) is 12.7. The van der Waals surface area contributed by atoms with Crippen LogP contribution in [0.25, 0.3) is 0 Å². The number of carbonyl (C=O) groups is 1. The lowest BCUT2D eigenvalue weighted by molar-refractivity contribution is -0.108. The van der Waals surface area contributed by atoms with Crippen LogP contribution < -0.4 is 9.64 Å². The zero-order valence-electron chi connectivity index (χ0n) is 14.5. The van der Waals surface area contributed by atoms with Crippen molar-refractivity contribution in [2.24, 2.45) is 5.18 Å². The van der Waals surface area contributed by atoms with Gasteiger partial charge in [0.15, 0.2) is 0 Å². The summed E-state index contributed by atoms with van der Waals surface area (Å²) in [6, 6.07) is 9.77. The Morgan fingerprint density at radius 2 is 1.88 bits per heavy atom. The van der Waals surface area contributed by atoms with Crippen molar-refractivity contribution in [3.8, 4) is 5.75 Å². The van der Waals surface area contributed by atoms with E-state index >= 15 is 0 Å². The van der Waals surface area contributed by atoms with Crippen molar-refractivity contribution in [2.45, 2.75) is 19.1 Å². The predicted molar refractivity (Wildman–Crippen MR) is 94.6 cm³/mol. The summed E-state index contributed by atoms with van der Waals surface area (Å²) in [5.41, 5.74) is 1.81. The number of aryl methyl sites for hydroxylation is 1. The van der Waals surface area contributed by atoms with E-state index < -0.39 is 12.4 Å². The number of pyridine rings is 1. The lowest BCUT2D eigenvalue weighted by Crippen LogP contribution is -2.38. The third kappa shape index (κ3) is 3.71. The van der Waals surface area contributed by atoms with E-state index in [9.17, 15) is 9.70 Å². The number of nitroso groups, excluding NO2 is 1. The number of hydrogen-bond acceptors (Lipinski definition) is 7. The number of carbonyl (C=O) groups excluding carboxylic acids is 1. The van der Waals surface area contributed by atoms with Crippen molar-refractivity contribution in [2.75, 3.05) is 25.7 Å². The fourth-order valence-corrected chi connectivity index (χ4v) is 2.83. The van der Waals surface area contributed by atoms with Crippen LogP contribution in [0.2, 0.25) is 0 Å². The van der Waals surface area contributed by atoms with Gasteiger partial charge in [0.1, 0.15) is 17.3 Å². The van der Waals surface area contributed by atoms with Crippen molar-refractivity contribution in [3.63, 3.8) is 0 Å². The average Bonchev–Trinajstić information content (AvgIpc) is 2.69. The topological polar surface area (TPSA) is 90.3 Å². The molecular formula is C18H19N3O5. The molecule has 1 aliphatic rings. The SMILES string of the molecule is COC(OC)c1ccc2c(n1)N(C(=O)Oc1ccc(N=O)cc1)CCC2. The molecule has 1 aromatic carbocycles. The molecule has 0 N–H and O–H groups in total. The highest BCUT2D eigenvalue weighted by Gasteiger charge is 2.27. The van der Waals surface area contributed by atoms with E-state index in [2.05, 4.69) is 10.2 Å². The third-order valence-electron chi connectivity index (χ3n) is 4.10. The number of methoxy groups -OCH3 is 2. The second kappa shape index (κ2) is 8.03. The molecule has 1 aromatic heterocycles. The molecule has 8 nitrogen and oxygen atoms in total. The predicted octanol–water partition coefficient (Wildman–Crippen LogP) is 3.72. The summed E-state index contributed by atoms with van der Waals surface area (Å²) >= 11 is 0. The molecule has 1 aliphatic heterocycles. The maximum atomic E-state index is 12.6. The Kier molecular flexibility index (Phi) is 5.55. The molecule has 1 amide bonds. The number of aromatic nitrogens is 1. The zero-order chi connectivity index (χ0) is 18.5. The highest BCUT2D eigenvalue weighted by atomic mass is 16.7. The molecule has 0 unspecified atom stereocenters. The minimum absolute atomic E-state index is 0.268. The van der Waals surface area contributed by atoms with Crippen molar-refractivity contribution >= 4 is 17.6 Å². The molecule has 0 saturated carbocycles. The van der Waals surface area contributed by atoms with Crippen LogP contribution in [0.3, 0.4) is 0 Å². The van der Waals surface area contributed by atoms with Crippen LogP contribution in [-0.2, 0) is 15.9 Å². The molecular weight excluding hydrogens is 338 g/mol. The van der Waals surface area contributed by atoms with Crippen LogP contribution in [0, 0.1) is 4.91 Å². The number of anilines is 1. The van der Waals surface area contributed by atoms with Gasteiger partial charge in [-0.3, -0.25) is 4.90 Å². The second-order valence-electron chi connectivity index (χ2n) is 5.73. The zero-order valence-corrected chi connectivity index (χ0v) is 14.5. The van der Waals surface area contributed by atoms with Gasteiger partial charge in [-0.15, -0.1) is 4.91 Å². The minimum Gasteiger partial charge on any atom is -0.410 e. The molecule has 3 rings (SSSR count). The average molecular weight is 357 g/mol. The van der Waals surface area contributed by atoms with Gasteiger partial charge in [0, 0.05) is 20.8 Å². The van der Waals surface area contributed by atoms with Gasteiger partial charge in [-0.25, -0.2) is 9.78 Å². The van der Waals surface area contributed by atoms with E-state index in [1.54, 1.807) is 0 Å². The monoisotopic (exact) mass is 357 g/mol. The molecule has 0 atom stereocenters. The van der Waals surface area contributed by atoms with E-state index in [0.29, 0.717) is 23.8 Å². The van der Waals surface area contributed by atoms with Crippen molar-refractivity contribution in [1.29, 1.82) is 0 Å². The quantitative estimate of drug-likeness (QED) is 0.598. The van der Waals surface area contributed by atoms with Crippen LogP contribution in [0.1, 0.15) is 24.0 Å². The summed E-state index contributed by atoms with van der Waals surface area (Å²) in [5, 5.41) is 2.82. The van der Waals surface area contributed by atoms with Crippen LogP contribution in [0.15, 0.2) is 41.6 Å². The van der Waals surface area contributed by atoms with Gasteiger partial charge in [0.2, 0.25) is 6.29 Å². The van der Waals surface area contributed by atoms with Gasteiger partial charge < -0.3 is 14.2 Å². The lowest BCUT2D eigenvalue weighted by Gasteiger charge is -2.28. The molecule has 8 heteroatoms. The maximum Gasteiger partial charge on any atom is 0.420 e. The Hall–Kier alpha value is -2.84. The largest absolute Gasteiger partial charge is 0.420 e. The van der Waals surface area contributed by atoms with E-state index in [4.69, 9.17) is 14.2 Å². The number of amides is 1. The van der Waals surface area contributed by atoms with Crippen molar-refractivity contribution in [1.82, 2.24) is 4.98 Å². The number of nitrogens with zero attached hydrogens (tertiary/aromatic N) is 3. The van der Waals surface area contributed by atoms with Crippen LogP contribution in [0.4, 0.5) is 16.3 Å². The first-order valence-corrected chi connectivity index (χ1v) is 8.14. The summed E-state index contributed by atoms with van der Waals surface area (Å²) < 4.78 is 15.9. The fraction of sp³-hybridized carbons (Fsp3) is 0.333. The van der Waals surface area contributed by atoms with Crippen molar-refractivity contribution in [3.05, 3.63) is 52.6 Å². The molecule has 0 aliphatic carbocycles. The Balaban J connectivity index is 1.83. The molecule has 2 heterocycles.